The number of rotatable bonds is 5. The molecule has 5 aliphatic rings. The van der Waals surface area contributed by atoms with Gasteiger partial charge in [-0.15, -0.1) is 12.4 Å². The molecule has 6 atom stereocenters. The Labute approximate surface area is 214 Å². The molecule has 0 aliphatic heterocycles. The molecule has 0 N–H and O–H groups in total. The van der Waals surface area contributed by atoms with Crippen LogP contribution in [-0.2, 0) is 21.8 Å². The molecule has 4 saturated carbocycles. The Balaban J connectivity index is 0.00000206. The standard InChI is InChI=1S/C17H13.2C7H11.ClH.Zr/c1-3-8-14(9-4-1)16-12-7-13-17(16)15-10-5-2-6-11-15;2*1-2-7-4-3-6(1)5-7;;/h1-6,8-12H,7H2;2*1,6-7H,2-5H2;1H;. The third kappa shape index (κ3) is 3.91. The number of halogens is 1. The molecular formula is C31H36ClZr. The molecule has 6 unspecified atom stereocenters. The fourth-order valence-electron chi connectivity index (χ4n) is 8.62. The van der Waals surface area contributed by atoms with Crippen LogP contribution < -0.4 is 0 Å². The Hall–Kier alpha value is -0.907. The van der Waals surface area contributed by atoms with Gasteiger partial charge < -0.3 is 0 Å². The van der Waals surface area contributed by atoms with Crippen LogP contribution in [0.25, 0.3) is 11.1 Å². The maximum Gasteiger partial charge on any atom is -0.147 e. The Kier molecular flexibility index (Phi) is 6.34. The van der Waals surface area contributed by atoms with Crippen LogP contribution in [0.4, 0.5) is 0 Å². The smallest absolute Gasteiger partial charge is 0.147 e. The fraction of sp³-hybridized carbons (Fsp3) is 0.484. The van der Waals surface area contributed by atoms with Gasteiger partial charge in [0.15, 0.2) is 0 Å². The maximum atomic E-state index is 2.63. The molecule has 4 bridgehead atoms. The van der Waals surface area contributed by atoms with Crippen molar-refractivity contribution in [3.05, 3.63) is 81.1 Å². The number of fused-ring (bicyclic) bond motifs is 4. The molecule has 0 spiro atoms. The molecule has 5 aliphatic carbocycles. The van der Waals surface area contributed by atoms with Gasteiger partial charge in [0.1, 0.15) is 0 Å². The van der Waals surface area contributed by atoms with Crippen LogP contribution in [0.15, 0.2) is 70.0 Å². The predicted octanol–water partition coefficient (Wildman–Crippen LogP) is 9.14. The molecule has 0 saturated heterocycles. The van der Waals surface area contributed by atoms with Crippen molar-refractivity contribution in [3.63, 3.8) is 0 Å². The zero-order chi connectivity index (χ0) is 21.1. The van der Waals surface area contributed by atoms with Crippen molar-refractivity contribution >= 4 is 23.6 Å². The van der Waals surface area contributed by atoms with Gasteiger partial charge in [0, 0.05) is 0 Å². The van der Waals surface area contributed by atoms with E-state index in [0.717, 1.165) is 30.9 Å². The molecule has 2 aromatic rings. The van der Waals surface area contributed by atoms with Crippen LogP contribution in [0.2, 0.25) is 7.25 Å². The Morgan fingerprint density at radius 2 is 1.15 bits per heavy atom. The van der Waals surface area contributed by atoms with Crippen LogP contribution in [0.1, 0.15) is 68.9 Å². The topological polar surface area (TPSA) is 0 Å². The molecule has 4 fully saturated rings. The summed E-state index contributed by atoms with van der Waals surface area (Å²) in [7, 11) is 0. The molecule has 2 aromatic carbocycles. The van der Waals surface area contributed by atoms with Crippen molar-refractivity contribution in [1.29, 1.82) is 0 Å². The van der Waals surface area contributed by atoms with E-state index >= 15 is 0 Å². The molecule has 0 radical (unpaired) electrons. The fourth-order valence-corrected chi connectivity index (χ4v) is 21.3. The van der Waals surface area contributed by atoms with Crippen molar-refractivity contribution < 1.29 is 21.8 Å². The Morgan fingerprint density at radius 3 is 1.64 bits per heavy atom. The molecule has 7 rings (SSSR count). The largest absolute Gasteiger partial charge is 0.147 e. The number of benzene rings is 2. The van der Waals surface area contributed by atoms with Crippen molar-refractivity contribution in [2.75, 3.05) is 0 Å². The van der Waals surface area contributed by atoms with E-state index < -0.39 is 21.8 Å². The number of hydrogen-bond acceptors (Lipinski definition) is 0. The predicted molar refractivity (Wildman–Crippen MR) is 138 cm³/mol. The first-order chi connectivity index (χ1) is 15.8. The Bertz CT molecular complexity index is 1030. The van der Waals surface area contributed by atoms with Crippen LogP contribution in [0.3, 0.4) is 0 Å². The second kappa shape index (κ2) is 9.28. The first-order valence-corrected chi connectivity index (χ1v) is 17.3. The summed E-state index contributed by atoms with van der Waals surface area (Å²) in [5, 5.41) is 0. The minimum absolute atomic E-state index is 0. The van der Waals surface area contributed by atoms with E-state index in [0.29, 0.717) is 0 Å². The first-order valence-electron chi connectivity index (χ1n) is 13.3. The number of hydrogen-bond donors (Lipinski definition) is 0. The van der Waals surface area contributed by atoms with Gasteiger partial charge in [0.05, 0.1) is 0 Å². The molecular weight excluding hydrogens is 499 g/mol. The SMILES string of the molecule is C1=C(c2ccccc2)C(c2ccccc2)=[C]([Zr]([CH]2CC3CCC2C3)[CH]2CC3CCC2C3)C1.Cl. The van der Waals surface area contributed by atoms with E-state index in [1.54, 1.807) is 62.5 Å². The van der Waals surface area contributed by atoms with E-state index in [-0.39, 0.29) is 12.4 Å². The van der Waals surface area contributed by atoms with Crippen LogP contribution in [0, 0.1) is 23.7 Å². The molecule has 0 aromatic heterocycles. The Morgan fingerprint density at radius 1 is 0.606 bits per heavy atom. The van der Waals surface area contributed by atoms with Gasteiger partial charge in [-0.1, -0.05) is 0 Å². The summed E-state index contributed by atoms with van der Waals surface area (Å²) < 4.78 is 4.32. The van der Waals surface area contributed by atoms with E-state index in [9.17, 15) is 0 Å². The quantitative estimate of drug-likeness (QED) is 0.358. The second-order valence-corrected chi connectivity index (χ2v) is 18.8. The summed E-state index contributed by atoms with van der Waals surface area (Å²) in [4.78, 5) is 0. The van der Waals surface area contributed by atoms with Crippen LogP contribution in [-0.4, -0.2) is 0 Å². The summed E-state index contributed by atoms with van der Waals surface area (Å²) in [6.45, 7) is 0. The van der Waals surface area contributed by atoms with E-state index in [2.05, 4.69) is 66.7 Å². The van der Waals surface area contributed by atoms with Gasteiger partial charge in [-0.3, -0.25) is 0 Å². The van der Waals surface area contributed by atoms with Gasteiger partial charge in [-0.25, -0.2) is 0 Å². The van der Waals surface area contributed by atoms with Gasteiger partial charge in [0.2, 0.25) is 0 Å². The molecule has 33 heavy (non-hydrogen) atoms. The van der Waals surface area contributed by atoms with Crippen molar-refractivity contribution in [2.24, 2.45) is 23.7 Å². The summed E-state index contributed by atoms with van der Waals surface area (Å²) in [6, 6.07) is 22.8. The summed E-state index contributed by atoms with van der Waals surface area (Å²) in [5.74, 6) is 4.36. The average molecular weight is 535 g/mol. The zero-order valence-corrected chi connectivity index (χ0v) is 22.9. The molecule has 0 nitrogen and oxygen atoms in total. The summed E-state index contributed by atoms with van der Waals surface area (Å²) >= 11 is -1.82. The van der Waals surface area contributed by atoms with Gasteiger partial charge >= 0.3 is 203 Å². The molecule has 2 heteroatoms. The number of allylic oxidation sites excluding steroid dienone is 4. The van der Waals surface area contributed by atoms with E-state index in [1.807, 2.05) is 3.28 Å². The molecule has 0 amide bonds. The van der Waals surface area contributed by atoms with Crippen molar-refractivity contribution in [1.82, 2.24) is 0 Å². The van der Waals surface area contributed by atoms with E-state index in [1.165, 1.54) is 17.5 Å². The van der Waals surface area contributed by atoms with Crippen molar-refractivity contribution in [2.45, 2.75) is 65.0 Å². The normalized spacial score (nSPS) is 34.0. The molecule has 171 valence electrons. The minimum atomic E-state index is -1.82. The average Bonchev–Trinajstić information content (AvgIpc) is 3.68. The third-order valence-electron chi connectivity index (χ3n) is 9.85. The van der Waals surface area contributed by atoms with Gasteiger partial charge in [-0.05, 0) is 0 Å². The first kappa shape index (κ1) is 22.6. The second-order valence-electron chi connectivity index (χ2n) is 11.4. The summed E-state index contributed by atoms with van der Waals surface area (Å²) in [6.07, 6.45) is 16.5. The van der Waals surface area contributed by atoms with Crippen molar-refractivity contribution in [3.8, 4) is 0 Å². The monoisotopic (exact) mass is 533 g/mol. The van der Waals surface area contributed by atoms with Gasteiger partial charge in [-0.2, -0.15) is 0 Å². The van der Waals surface area contributed by atoms with Crippen LogP contribution >= 0.6 is 12.4 Å². The summed E-state index contributed by atoms with van der Waals surface area (Å²) in [5.41, 5.74) is 6.18. The maximum absolute atomic E-state index is 2.63. The van der Waals surface area contributed by atoms with Crippen LogP contribution in [0.5, 0.6) is 0 Å². The third-order valence-corrected chi connectivity index (χ3v) is 20.1. The van der Waals surface area contributed by atoms with Gasteiger partial charge in [0.25, 0.3) is 0 Å². The minimum Gasteiger partial charge on any atom is -0.147 e. The molecule has 0 heterocycles. The zero-order valence-electron chi connectivity index (χ0n) is 19.6. The van der Waals surface area contributed by atoms with E-state index in [4.69, 9.17) is 0 Å².